The van der Waals surface area contributed by atoms with Crippen molar-refractivity contribution in [2.24, 2.45) is 11.8 Å². The molecule has 0 unspecified atom stereocenters. The van der Waals surface area contributed by atoms with E-state index in [1.165, 1.54) is 6.07 Å². The number of aromatic nitrogens is 2. The van der Waals surface area contributed by atoms with Crippen LogP contribution in [-0.4, -0.2) is 65.3 Å². The van der Waals surface area contributed by atoms with Crippen LogP contribution in [0.5, 0.6) is 5.75 Å². The molecule has 1 amide bonds. The van der Waals surface area contributed by atoms with Crippen molar-refractivity contribution < 1.29 is 19.0 Å². The predicted octanol–water partition coefficient (Wildman–Crippen LogP) is 3.73. The number of amides is 1. The Hall–Kier alpha value is -2.45. The van der Waals surface area contributed by atoms with Crippen LogP contribution in [0.25, 0.3) is 0 Å². The minimum absolute atomic E-state index is 0.0533. The summed E-state index contributed by atoms with van der Waals surface area (Å²) in [6.07, 6.45) is 8.16. The van der Waals surface area contributed by atoms with Crippen LogP contribution < -0.4 is 9.64 Å². The Morgan fingerprint density at radius 1 is 1.15 bits per heavy atom. The summed E-state index contributed by atoms with van der Waals surface area (Å²) in [7, 11) is 0. The molecule has 2 aliphatic rings. The first-order valence-electron chi connectivity index (χ1n) is 12.0. The molecule has 3 heterocycles. The average Bonchev–Trinajstić information content (AvgIpc) is 2.81. The summed E-state index contributed by atoms with van der Waals surface area (Å²) >= 11 is 5.86. The van der Waals surface area contributed by atoms with E-state index in [0.29, 0.717) is 54.3 Å². The van der Waals surface area contributed by atoms with Crippen molar-refractivity contribution in [1.82, 2.24) is 14.9 Å². The van der Waals surface area contributed by atoms with Crippen molar-refractivity contribution in [2.75, 3.05) is 44.3 Å². The molecule has 1 aromatic carbocycles. The Morgan fingerprint density at radius 2 is 1.88 bits per heavy atom. The van der Waals surface area contributed by atoms with E-state index in [0.717, 1.165) is 44.7 Å². The fourth-order valence-electron chi connectivity index (χ4n) is 4.63. The van der Waals surface area contributed by atoms with Crippen LogP contribution in [0.15, 0.2) is 30.6 Å². The van der Waals surface area contributed by atoms with Crippen LogP contribution in [0.3, 0.4) is 0 Å². The molecule has 2 aliphatic heterocycles. The summed E-state index contributed by atoms with van der Waals surface area (Å²) < 4.78 is 20.2. The highest BCUT2D eigenvalue weighted by atomic mass is 35.5. The lowest BCUT2D eigenvalue weighted by Crippen LogP contribution is -2.50. The quantitative estimate of drug-likeness (QED) is 0.511. The molecule has 9 heteroatoms. The molecule has 34 heavy (non-hydrogen) atoms. The largest absolute Gasteiger partial charge is 0.493 e. The number of halogens is 2. The zero-order chi connectivity index (χ0) is 23.9. The summed E-state index contributed by atoms with van der Waals surface area (Å²) in [5, 5.41) is 9.49. The highest BCUT2D eigenvalue weighted by Crippen LogP contribution is 2.25. The summed E-state index contributed by atoms with van der Waals surface area (Å²) in [6.45, 7) is 3.84. The highest BCUT2D eigenvalue weighted by molar-refractivity contribution is 6.30. The van der Waals surface area contributed by atoms with Crippen LogP contribution in [-0.2, 0) is 11.2 Å². The number of rotatable bonds is 10. The lowest BCUT2D eigenvalue weighted by atomic mass is 9.92. The number of ether oxygens (including phenoxy) is 1. The van der Waals surface area contributed by atoms with Gasteiger partial charge in [-0.05, 0) is 55.6 Å². The molecule has 0 radical (unpaired) electrons. The molecule has 0 spiro atoms. The summed E-state index contributed by atoms with van der Waals surface area (Å²) in [5.74, 6) is 1.74. The number of benzene rings is 1. The van der Waals surface area contributed by atoms with E-state index in [2.05, 4.69) is 14.9 Å². The minimum atomic E-state index is -0.407. The molecule has 2 saturated heterocycles. The van der Waals surface area contributed by atoms with Gasteiger partial charge in [0, 0.05) is 38.9 Å². The Bertz CT molecular complexity index is 948. The molecule has 2 aromatic rings. The van der Waals surface area contributed by atoms with Crippen molar-refractivity contribution >= 4 is 23.5 Å². The van der Waals surface area contributed by atoms with Crippen molar-refractivity contribution in [3.8, 4) is 5.75 Å². The van der Waals surface area contributed by atoms with Crippen molar-refractivity contribution in [2.45, 2.75) is 38.5 Å². The van der Waals surface area contributed by atoms with Gasteiger partial charge in [0.05, 0.1) is 30.4 Å². The molecular formula is C25H32ClFN4O3. The maximum absolute atomic E-state index is 14.5. The Morgan fingerprint density at radius 3 is 2.56 bits per heavy atom. The van der Waals surface area contributed by atoms with Gasteiger partial charge in [-0.2, -0.15) is 0 Å². The van der Waals surface area contributed by atoms with E-state index in [4.69, 9.17) is 21.4 Å². The molecule has 0 bridgehead atoms. The number of likely N-dealkylation sites (tertiary alicyclic amines) is 1. The summed E-state index contributed by atoms with van der Waals surface area (Å²) in [6, 6.07) is 4.75. The number of hydrogen-bond acceptors (Lipinski definition) is 6. The fraction of sp³-hybridized carbons (Fsp3) is 0.560. The van der Waals surface area contributed by atoms with Gasteiger partial charge in [0.2, 0.25) is 11.9 Å². The van der Waals surface area contributed by atoms with Gasteiger partial charge in [-0.25, -0.2) is 14.4 Å². The van der Waals surface area contributed by atoms with Gasteiger partial charge in [-0.1, -0.05) is 17.7 Å². The molecule has 1 aromatic heterocycles. The van der Waals surface area contributed by atoms with Gasteiger partial charge < -0.3 is 19.6 Å². The third-order valence-electron chi connectivity index (χ3n) is 6.74. The lowest BCUT2D eigenvalue weighted by Gasteiger charge is -2.39. The Kier molecular flexibility index (Phi) is 8.56. The molecule has 4 rings (SSSR count). The smallest absolute Gasteiger partial charge is 0.227 e. The maximum Gasteiger partial charge on any atom is 0.227 e. The van der Waals surface area contributed by atoms with Crippen LogP contribution in [0.2, 0.25) is 5.02 Å². The normalized spacial score (nSPS) is 17.0. The highest BCUT2D eigenvalue weighted by Gasteiger charge is 2.30. The first-order valence-corrected chi connectivity index (χ1v) is 12.4. The van der Waals surface area contributed by atoms with E-state index in [1.807, 2.05) is 0 Å². The van der Waals surface area contributed by atoms with Gasteiger partial charge in [0.25, 0.3) is 0 Å². The van der Waals surface area contributed by atoms with Crippen LogP contribution in [0.1, 0.15) is 37.7 Å². The van der Waals surface area contributed by atoms with Gasteiger partial charge in [-0.15, -0.1) is 0 Å². The summed E-state index contributed by atoms with van der Waals surface area (Å²) in [5.41, 5.74) is 0.388. The fourth-order valence-corrected chi connectivity index (χ4v) is 4.72. The van der Waals surface area contributed by atoms with Gasteiger partial charge in [-0.3, -0.25) is 4.79 Å². The van der Waals surface area contributed by atoms with Gasteiger partial charge in [0.1, 0.15) is 11.6 Å². The third-order valence-corrected chi connectivity index (χ3v) is 6.94. The van der Waals surface area contributed by atoms with Gasteiger partial charge in [0.15, 0.2) is 0 Å². The van der Waals surface area contributed by atoms with E-state index < -0.39 is 5.82 Å². The molecule has 2 fully saturated rings. The first kappa shape index (κ1) is 24.7. The van der Waals surface area contributed by atoms with E-state index in [9.17, 15) is 9.18 Å². The SMILES string of the molecule is O=C(Cc1ccc(OCCCC2CCN(c3ncc(Cl)cn3)CC2)cc1F)N1CC(CCO)C1. The second kappa shape index (κ2) is 11.8. The Balaban J connectivity index is 1.13. The predicted molar refractivity (Wildman–Crippen MR) is 129 cm³/mol. The molecule has 7 nitrogen and oxygen atoms in total. The van der Waals surface area contributed by atoms with Crippen molar-refractivity contribution in [1.29, 1.82) is 0 Å². The zero-order valence-corrected chi connectivity index (χ0v) is 20.1. The number of carbonyl (C=O) groups excluding carboxylic acids is 1. The van der Waals surface area contributed by atoms with Crippen molar-refractivity contribution in [3.63, 3.8) is 0 Å². The van der Waals surface area contributed by atoms with E-state index >= 15 is 0 Å². The first-order chi connectivity index (χ1) is 16.5. The second-order valence-electron chi connectivity index (χ2n) is 9.23. The molecule has 1 N–H and O–H groups in total. The number of aliphatic hydroxyl groups excluding tert-OH is 1. The van der Waals surface area contributed by atoms with Crippen LogP contribution in [0, 0.1) is 17.7 Å². The molecule has 0 atom stereocenters. The van der Waals surface area contributed by atoms with E-state index in [-0.39, 0.29) is 18.9 Å². The zero-order valence-electron chi connectivity index (χ0n) is 19.3. The third kappa shape index (κ3) is 6.57. The molecule has 0 saturated carbocycles. The standard InChI is InChI=1S/C25H32ClFN4O3/c26-21-14-28-25(29-15-21)30-8-5-18(6-9-30)2-1-11-34-22-4-3-20(23(27)13-22)12-24(33)31-16-19(17-31)7-10-32/h3-4,13-15,18-19,32H,1-2,5-12,16-17H2. The van der Waals surface area contributed by atoms with Crippen LogP contribution >= 0.6 is 11.6 Å². The minimum Gasteiger partial charge on any atom is -0.493 e. The summed E-state index contributed by atoms with van der Waals surface area (Å²) in [4.78, 5) is 24.8. The number of piperidine rings is 1. The van der Waals surface area contributed by atoms with Gasteiger partial charge >= 0.3 is 0 Å². The Labute approximate surface area is 204 Å². The average molecular weight is 491 g/mol. The molecule has 184 valence electrons. The second-order valence-corrected chi connectivity index (χ2v) is 9.67. The maximum atomic E-state index is 14.5. The molecular weight excluding hydrogens is 459 g/mol. The topological polar surface area (TPSA) is 78.8 Å². The number of aliphatic hydroxyl groups is 1. The number of hydrogen-bond donors (Lipinski definition) is 1. The molecule has 0 aliphatic carbocycles. The lowest BCUT2D eigenvalue weighted by molar-refractivity contribution is -0.137. The van der Waals surface area contributed by atoms with Crippen LogP contribution in [0.4, 0.5) is 10.3 Å². The number of nitrogens with zero attached hydrogens (tertiary/aromatic N) is 4. The number of anilines is 1. The van der Waals surface area contributed by atoms with Crippen molar-refractivity contribution in [3.05, 3.63) is 47.0 Å². The number of carbonyl (C=O) groups is 1. The van der Waals surface area contributed by atoms with E-state index in [1.54, 1.807) is 29.4 Å². The monoisotopic (exact) mass is 490 g/mol.